The first kappa shape index (κ1) is 28.0. The molecule has 1 fully saturated rings. The van der Waals surface area contributed by atoms with E-state index in [-0.39, 0.29) is 29.6 Å². The Labute approximate surface area is 228 Å². The van der Waals surface area contributed by atoms with E-state index in [1.807, 2.05) is 47.7 Å². The summed E-state index contributed by atoms with van der Waals surface area (Å²) in [5, 5.41) is 8.35. The number of hydrogen-bond acceptors (Lipinski definition) is 5. The van der Waals surface area contributed by atoms with E-state index in [0.29, 0.717) is 40.3 Å². The first-order valence-corrected chi connectivity index (χ1v) is 13.5. The van der Waals surface area contributed by atoms with Gasteiger partial charge in [0.1, 0.15) is 16.9 Å². The van der Waals surface area contributed by atoms with Gasteiger partial charge in [-0.2, -0.15) is 5.10 Å². The Balaban J connectivity index is 1.52. The third-order valence-corrected chi connectivity index (χ3v) is 7.23. The lowest BCUT2D eigenvalue weighted by Crippen LogP contribution is -2.31. The van der Waals surface area contributed by atoms with Gasteiger partial charge in [-0.3, -0.25) is 14.3 Å². The Kier molecular flexibility index (Phi) is 8.12. The second kappa shape index (κ2) is 11.0. The molecule has 0 spiro atoms. The Morgan fingerprint density at radius 1 is 1.24 bits per heavy atom. The number of ether oxygens (including phenoxy) is 1. The van der Waals surface area contributed by atoms with Crippen LogP contribution in [0.4, 0.5) is 10.2 Å². The molecule has 1 aromatic carbocycles. The third-order valence-electron chi connectivity index (χ3n) is 6.93. The van der Waals surface area contributed by atoms with Crippen LogP contribution in [0.5, 0.6) is 0 Å². The molecule has 204 valence electrons. The van der Waals surface area contributed by atoms with Gasteiger partial charge in [-0.15, -0.1) is 0 Å². The summed E-state index contributed by atoms with van der Waals surface area (Å²) in [6.45, 7) is 9.63. The molecular formula is C29H36ClFN4O3. The highest BCUT2D eigenvalue weighted by atomic mass is 35.5. The SMILES string of the molecule is CC(C)c1c2cc(-c3cc(NC(=O)[C@H]4CCC[C@@H](CC(=O)OC(C)(C)C)C4)ncc3Cl)cc(F)c2nn1C. The normalized spacial score (nSPS) is 18.1. The standard InChI is InChI=1S/C29H36ClFN4O3/c1-16(2)27-21-12-19(13-23(31)26(21)34-35(27)6)20-14-24(32-15-22(20)30)33-28(37)18-9-7-8-17(10-18)11-25(36)38-29(3,4)5/h12-18H,7-11H2,1-6H3,(H,32,33,37)/t17-,18+/m1/s1. The summed E-state index contributed by atoms with van der Waals surface area (Å²) in [5.74, 6) is -0.433. The van der Waals surface area contributed by atoms with Gasteiger partial charge < -0.3 is 10.1 Å². The highest BCUT2D eigenvalue weighted by Gasteiger charge is 2.30. The second-order valence-electron chi connectivity index (χ2n) is 11.6. The van der Waals surface area contributed by atoms with E-state index in [9.17, 15) is 9.59 Å². The van der Waals surface area contributed by atoms with Gasteiger partial charge in [0.25, 0.3) is 0 Å². The molecule has 7 nitrogen and oxygen atoms in total. The maximum absolute atomic E-state index is 15.1. The van der Waals surface area contributed by atoms with Crippen molar-refractivity contribution in [3.8, 4) is 11.1 Å². The fourth-order valence-electron chi connectivity index (χ4n) is 5.40. The molecule has 0 unspecified atom stereocenters. The van der Waals surface area contributed by atoms with Crippen LogP contribution < -0.4 is 5.32 Å². The largest absolute Gasteiger partial charge is 0.460 e. The van der Waals surface area contributed by atoms with Crippen molar-refractivity contribution in [1.29, 1.82) is 0 Å². The molecule has 0 bridgehead atoms. The first-order valence-electron chi connectivity index (χ1n) is 13.2. The van der Waals surface area contributed by atoms with Crippen LogP contribution in [0.3, 0.4) is 0 Å². The summed E-state index contributed by atoms with van der Waals surface area (Å²) in [4.78, 5) is 29.7. The zero-order valence-corrected chi connectivity index (χ0v) is 23.7. The molecule has 9 heteroatoms. The van der Waals surface area contributed by atoms with E-state index < -0.39 is 11.4 Å². The number of aromatic nitrogens is 3. The summed E-state index contributed by atoms with van der Waals surface area (Å²) in [6, 6.07) is 4.97. The van der Waals surface area contributed by atoms with Crippen molar-refractivity contribution in [2.75, 3.05) is 5.32 Å². The van der Waals surface area contributed by atoms with Gasteiger partial charge in [-0.25, -0.2) is 9.37 Å². The van der Waals surface area contributed by atoms with Crippen molar-refractivity contribution >= 4 is 40.2 Å². The molecule has 2 aromatic heterocycles. The summed E-state index contributed by atoms with van der Waals surface area (Å²) in [5.41, 5.74) is 1.88. The van der Waals surface area contributed by atoms with E-state index in [0.717, 1.165) is 30.3 Å². The molecule has 1 saturated carbocycles. The Morgan fingerprint density at radius 3 is 2.66 bits per heavy atom. The number of amides is 1. The van der Waals surface area contributed by atoms with Crippen molar-refractivity contribution in [2.45, 2.75) is 78.2 Å². The summed E-state index contributed by atoms with van der Waals surface area (Å²) >= 11 is 6.48. The number of hydrogen-bond donors (Lipinski definition) is 1. The summed E-state index contributed by atoms with van der Waals surface area (Å²) < 4.78 is 22.2. The topological polar surface area (TPSA) is 86.1 Å². The van der Waals surface area contributed by atoms with Gasteiger partial charge in [0.2, 0.25) is 5.91 Å². The van der Waals surface area contributed by atoms with E-state index in [1.54, 1.807) is 10.7 Å². The van der Waals surface area contributed by atoms with Crippen molar-refractivity contribution < 1.29 is 18.7 Å². The number of nitrogens with zero attached hydrogens (tertiary/aromatic N) is 3. The number of nitrogens with one attached hydrogen (secondary N) is 1. The highest BCUT2D eigenvalue weighted by molar-refractivity contribution is 6.33. The quantitative estimate of drug-likeness (QED) is 0.338. The Morgan fingerprint density at radius 2 is 1.97 bits per heavy atom. The van der Waals surface area contributed by atoms with Crippen LogP contribution in [0.25, 0.3) is 22.0 Å². The number of aryl methyl sites for hydroxylation is 1. The lowest BCUT2D eigenvalue weighted by molar-refractivity contribution is -0.156. The van der Waals surface area contributed by atoms with Crippen LogP contribution in [-0.4, -0.2) is 32.2 Å². The summed E-state index contributed by atoms with van der Waals surface area (Å²) in [6.07, 6.45) is 4.91. The fraction of sp³-hybridized carbons (Fsp3) is 0.517. The molecule has 1 aliphatic carbocycles. The lowest BCUT2D eigenvalue weighted by Gasteiger charge is -2.29. The molecule has 0 saturated heterocycles. The van der Waals surface area contributed by atoms with Crippen molar-refractivity contribution in [2.24, 2.45) is 18.9 Å². The highest BCUT2D eigenvalue weighted by Crippen LogP contribution is 2.36. The van der Waals surface area contributed by atoms with Crippen LogP contribution in [0, 0.1) is 17.7 Å². The van der Waals surface area contributed by atoms with Gasteiger partial charge in [-0.05, 0) is 75.6 Å². The second-order valence-corrected chi connectivity index (χ2v) is 12.0. The molecule has 2 heterocycles. The van der Waals surface area contributed by atoms with Crippen molar-refractivity contribution in [1.82, 2.24) is 14.8 Å². The van der Waals surface area contributed by atoms with E-state index >= 15 is 4.39 Å². The zero-order chi connectivity index (χ0) is 27.8. The van der Waals surface area contributed by atoms with E-state index in [4.69, 9.17) is 16.3 Å². The molecule has 1 aliphatic rings. The molecule has 1 N–H and O–H groups in total. The Bertz CT molecular complexity index is 1360. The fourth-order valence-corrected chi connectivity index (χ4v) is 5.62. The van der Waals surface area contributed by atoms with Crippen LogP contribution in [0.2, 0.25) is 5.02 Å². The monoisotopic (exact) mass is 542 g/mol. The van der Waals surface area contributed by atoms with E-state index in [2.05, 4.69) is 15.4 Å². The number of carbonyl (C=O) groups is 2. The Hall–Kier alpha value is -3.00. The van der Waals surface area contributed by atoms with Crippen molar-refractivity contribution in [3.63, 3.8) is 0 Å². The summed E-state index contributed by atoms with van der Waals surface area (Å²) in [7, 11) is 1.81. The minimum absolute atomic E-state index is 0.104. The predicted octanol–water partition coefficient (Wildman–Crippen LogP) is 7.03. The van der Waals surface area contributed by atoms with Crippen LogP contribution in [0.15, 0.2) is 24.4 Å². The lowest BCUT2D eigenvalue weighted by atomic mass is 9.79. The average molecular weight is 543 g/mol. The number of anilines is 1. The molecule has 38 heavy (non-hydrogen) atoms. The van der Waals surface area contributed by atoms with Crippen LogP contribution in [0.1, 0.15) is 78.3 Å². The average Bonchev–Trinajstić information content (AvgIpc) is 3.15. The predicted molar refractivity (Wildman–Crippen MR) is 148 cm³/mol. The molecule has 3 aromatic rings. The maximum Gasteiger partial charge on any atom is 0.306 e. The smallest absolute Gasteiger partial charge is 0.306 e. The van der Waals surface area contributed by atoms with Crippen molar-refractivity contribution in [3.05, 3.63) is 40.9 Å². The van der Waals surface area contributed by atoms with Crippen LogP contribution in [-0.2, 0) is 21.4 Å². The van der Waals surface area contributed by atoms with Gasteiger partial charge in [-0.1, -0.05) is 31.9 Å². The number of halogens is 2. The number of benzene rings is 1. The van der Waals surface area contributed by atoms with Gasteiger partial charge in [0.15, 0.2) is 5.82 Å². The zero-order valence-electron chi connectivity index (χ0n) is 22.9. The molecular weight excluding hydrogens is 507 g/mol. The number of esters is 1. The molecule has 2 atom stereocenters. The molecule has 4 rings (SSSR count). The number of carbonyl (C=O) groups excluding carboxylic acids is 2. The maximum atomic E-state index is 15.1. The molecule has 0 aliphatic heterocycles. The number of fused-ring (bicyclic) bond motifs is 1. The molecule has 1 amide bonds. The molecule has 0 radical (unpaired) electrons. The van der Waals surface area contributed by atoms with Gasteiger partial charge in [0, 0.05) is 42.2 Å². The first-order chi connectivity index (χ1) is 17.8. The minimum atomic E-state index is -0.526. The minimum Gasteiger partial charge on any atom is -0.460 e. The number of pyridine rings is 1. The third kappa shape index (κ3) is 6.34. The van der Waals surface area contributed by atoms with Gasteiger partial charge >= 0.3 is 5.97 Å². The van der Waals surface area contributed by atoms with Gasteiger partial charge in [0.05, 0.1) is 5.02 Å². The van der Waals surface area contributed by atoms with Crippen LogP contribution >= 0.6 is 11.6 Å². The number of rotatable bonds is 6. The van der Waals surface area contributed by atoms with E-state index in [1.165, 1.54) is 12.3 Å².